The number of hydrogen-bond donors (Lipinski definition) is 1. The molecule has 0 unspecified atom stereocenters. The number of pyridine rings is 1. The smallest absolute Gasteiger partial charge is 0.125 e. The zero-order valence-electron chi connectivity index (χ0n) is 10.6. The van der Waals surface area contributed by atoms with Gasteiger partial charge in [0.1, 0.15) is 5.82 Å². The zero-order valence-corrected chi connectivity index (χ0v) is 12.2. The van der Waals surface area contributed by atoms with Gasteiger partial charge >= 0.3 is 0 Å². The normalized spacial score (nSPS) is 10.7. The summed E-state index contributed by atoms with van der Waals surface area (Å²) in [6.45, 7) is 0.628. The Bertz CT molecular complexity index is 753. The van der Waals surface area contributed by atoms with Crippen molar-refractivity contribution in [3.05, 3.63) is 70.7 Å². The summed E-state index contributed by atoms with van der Waals surface area (Å²) in [5.41, 5.74) is 1.90. The molecule has 1 heterocycles. The number of nitrogens with zero attached hydrogens (tertiary/aromatic N) is 1. The fourth-order valence-electron chi connectivity index (χ4n) is 2.17. The second-order valence-electron chi connectivity index (χ2n) is 4.49. The van der Waals surface area contributed by atoms with Gasteiger partial charge in [0, 0.05) is 28.8 Å². The highest BCUT2D eigenvalue weighted by Gasteiger charge is 2.04. The molecule has 3 aromatic rings. The maximum Gasteiger partial charge on any atom is 0.125 e. The van der Waals surface area contributed by atoms with Crippen LogP contribution in [0.3, 0.4) is 0 Å². The van der Waals surface area contributed by atoms with Crippen LogP contribution in [0, 0.1) is 5.82 Å². The molecule has 0 fully saturated rings. The van der Waals surface area contributed by atoms with Crippen molar-refractivity contribution in [1.29, 1.82) is 0 Å². The first kappa shape index (κ1) is 13.1. The van der Waals surface area contributed by atoms with E-state index in [0.717, 1.165) is 26.5 Å². The molecule has 20 heavy (non-hydrogen) atoms. The Balaban J connectivity index is 1.89. The van der Waals surface area contributed by atoms with E-state index in [2.05, 4.69) is 32.3 Å². The molecule has 0 aliphatic rings. The van der Waals surface area contributed by atoms with Crippen LogP contribution in [0.4, 0.5) is 10.1 Å². The Kier molecular flexibility index (Phi) is 3.65. The van der Waals surface area contributed by atoms with Gasteiger partial charge in [-0.15, -0.1) is 0 Å². The Morgan fingerprint density at radius 2 is 2.05 bits per heavy atom. The summed E-state index contributed by atoms with van der Waals surface area (Å²) < 4.78 is 14.1. The van der Waals surface area contributed by atoms with Crippen molar-refractivity contribution in [3.63, 3.8) is 0 Å². The Morgan fingerprint density at radius 1 is 1.15 bits per heavy atom. The van der Waals surface area contributed by atoms with Crippen molar-refractivity contribution in [3.8, 4) is 0 Å². The van der Waals surface area contributed by atoms with Gasteiger partial charge in [-0.25, -0.2) is 4.39 Å². The van der Waals surface area contributed by atoms with Crippen molar-refractivity contribution < 1.29 is 4.39 Å². The molecule has 2 aromatic carbocycles. The Labute approximate surface area is 124 Å². The van der Waals surface area contributed by atoms with E-state index in [0.29, 0.717) is 6.54 Å². The number of rotatable bonds is 3. The van der Waals surface area contributed by atoms with Gasteiger partial charge in [0.25, 0.3) is 0 Å². The van der Waals surface area contributed by atoms with Crippen LogP contribution < -0.4 is 5.32 Å². The summed E-state index contributed by atoms with van der Waals surface area (Å²) in [4.78, 5) is 4.12. The van der Waals surface area contributed by atoms with Crippen molar-refractivity contribution >= 4 is 32.4 Å². The number of aromatic nitrogens is 1. The second-order valence-corrected chi connectivity index (χ2v) is 5.35. The average molecular weight is 331 g/mol. The van der Waals surface area contributed by atoms with Gasteiger partial charge in [-0.05, 0) is 51.1 Å². The van der Waals surface area contributed by atoms with Crippen LogP contribution in [0.25, 0.3) is 10.8 Å². The second kappa shape index (κ2) is 5.59. The predicted octanol–water partition coefficient (Wildman–Crippen LogP) is 4.75. The molecule has 4 heteroatoms. The molecule has 0 saturated carbocycles. The van der Waals surface area contributed by atoms with Gasteiger partial charge in [0.05, 0.1) is 5.69 Å². The number of anilines is 1. The summed E-state index contributed by atoms with van der Waals surface area (Å²) in [5, 5.41) is 5.51. The highest BCUT2D eigenvalue weighted by molar-refractivity contribution is 9.10. The minimum Gasteiger partial charge on any atom is -0.380 e. The number of benzene rings is 2. The third-order valence-corrected chi connectivity index (χ3v) is 3.86. The lowest BCUT2D eigenvalue weighted by Gasteiger charge is -2.11. The first-order valence-electron chi connectivity index (χ1n) is 6.24. The maximum atomic E-state index is 13.3. The fourth-order valence-corrected chi connectivity index (χ4v) is 2.55. The first-order chi connectivity index (χ1) is 9.74. The lowest BCUT2D eigenvalue weighted by Crippen LogP contribution is -2.01. The van der Waals surface area contributed by atoms with Crippen molar-refractivity contribution in [2.75, 3.05) is 5.32 Å². The van der Waals surface area contributed by atoms with Crippen LogP contribution in [-0.2, 0) is 6.54 Å². The molecule has 100 valence electrons. The molecule has 0 atom stereocenters. The molecular formula is C16H12BrFN2. The van der Waals surface area contributed by atoms with Crippen LogP contribution in [0.1, 0.15) is 5.56 Å². The zero-order chi connectivity index (χ0) is 13.9. The van der Waals surface area contributed by atoms with Gasteiger partial charge < -0.3 is 5.32 Å². The SMILES string of the molecule is Fc1ccc(Br)c(NCc2cccc3cnccc23)c1. The Morgan fingerprint density at radius 3 is 2.95 bits per heavy atom. The van der Waals surface area contributed by atoms with Crippen LogP contribution in [0.5, 0.6) is 0 Å². The van der Waals surface area contributed by atoms with Gasteiger partial charge in [0.2, 0.25) is 0 Å². The summed E-state index contributed by atoms with van der Waals surface area (Å²) in [6, 6.07) is 12.7. The van der Waals surface area contributed by atoms with Crippen molar-refractivity contribution in [2.24, 2.45) is 0 Å². The maximum absolute atomic E-state index is 13.3. The summed E-state index contributed by atoms with van der Waals surface area (Å²) in [7, 11) is 0. The van der Waals surface area contributed by atoms with E-state index in [1.165, 1.54) is 12.1 Å². The molecular weight excluding hydrogens is 319 g/mol. The average Bonchev–Trinajstić information content (AvgIpc) is 2.48. The third kappa shape index (κ3) is 2.65. The largest absolute Gasteiger partial charge is 0.380 e. The van der Waals surface area contributed by atoms with Crippen LogP contribution >= 0.6 is 15.9 Å². The van der Waals surface area contributed by atoms with E-state index >= 15 is 0 Å². The van der Waals surface area contributed by atoms with E-state index in [1.54, 1.807) is 12.3 Å². The van der Waals surface area contributed by atoms with Crippen LogP contribution in [0.2, 0.25) is 0 Å². The molecule has 1 aromatic heterocycles. The van der Waals surface area contributed by atoms with Crippen LogP contribution in [0.15, 0.2) is 59.3 Å². The third-order valence-electron chi connectivity index (χ3n) is 3.17. The lowest BCUT2D eigenvalue weighted by atomic mass is 10.1. The minimum atomic E-state index is -0.252. The summed E-state index contributed by atoms with van der Waals surface area (Å²) >= 11 is 3.41. The predicted molar refractivity (Wildman–Crippen MR) is 83.2 cm³/mol. The van der Waals surface area contributed by atoms with E-state index in [9.17, 15) is 4.39 Å². The molecule has 0 saturated heterocycles. The van der Waals surface area contributed by atoms with Gasteiger partial charge in [-0.1, -0.05) is 18.2 Å². The molecule has 1 N–H and O–H groups in total. The molecule has 0 radical (unpaired) electrons. The van der Waals surface area contributed by atoms with Crippen molar-refractivity contribution in [2.45, 2.75) is 6.54 Å². The molecule has 3 rings (SSSR count). The number of hydrogen-bond acceptors (Lipinski definition) is 2. The molecule has 0 spiro atoms. The van der Waals surface area contributed by atoms with E-state index in [1.807, 2.05) is 24.4 Å². The van der Waals surface area contributed by atoms with Gasteiger partial charge in [-0.3, -0.25) is 4.98 Å². The minimum absolute atomic E-state index is 0.252. The first-order valence-corrected chi connectivity index (χ1v) is 7.04. The highest BCUT2D eigenvalue weighted by Crippen LogP contribution is 2.25. The van der Waals surface area contributed by atoms with E-state index < -0.39 is 0 Å². The number of halogens is 2. The molecule has 0 aliphatic carbocycles. The number of fused-ring (bicyclic) bond motifs is 1. The van der Waals surface area contributed by atoms with Crippen LogP contribution in [-0.4, -0.2) is 4.98 Å². The topological polar surface area (TPSA) is 24.9 Å². The summed E-state index contributed by atoms with van der Waals surface area (Å²) in [6.07, 6.45) is 3.63. The highest BCUT2D eigenvalue weighted by atomic mass is 79.9. The fraction of sp³-hybridized carbons (Fsp3) is 0.0625. The van der Waals surface area contributed by atoms with Crippen molar-refractivity contribution in [1.82, 2.24) is 4.98 Å². The van der Waals surface area contributed by atoms with E-state index in [-0.39, 0.29) is 5.82 Å². The molecule has 2 nitrogen and oxygen atoms in total. The summed E-state index contributed by atoms with van der Waals surface area (Å²) in [5.74, 6) is -0.252. The van der Waals surface area contributed by atoms with Gasteiger partial charge in [-0.2, -0.15) is 0 Å². The monoisotopic (exact) mass is 330 g/mol. The quantitative estimate of drug-likeness (QED) is 0.749. The Hall–Kier alpha value is -1.94. The standard InChI is InChI=1S/C16H12BrFN2/c17-15-5-4-13(18)8-16(15)20-10-12-3-1-2-11-9-19-7-6-14(11)12/h1-9,20H,10H2. The molecule has 0 bridgehead atoms. The number of nitrogens with one attached hydrogen (secondary N) is 1. The van der Waals surface area contributed by atoms with Gasteiger partial charge in [0.15, 0.2) is 0 Å². The lowest BCUT2D eigenvalue weighted by molar-refractivity contribution is 0.628. The molecule has 0 aliphatic heterocycles. The van der Waals surface area contributed by atoms with E-state index in [4.69, 9.17) is 0 Å². The molecule has 0 amide bonds.